The molecule has 0 saturated heterocycles. The van der Waals surface area contributed by atoms with Crippen LogP contribution in [-0.2, 0) is 11.6 Å². The summed E-state index contributed by atoms with van der Waals surface area (Å²) in [6, 6.07) is 16.5. The number of alkyl halides is 3. The summed E-state index contributed by atoms with van der Waals surface area (Å²) in [6.45, 7) is 10.2. The zero-order valence-electron chi connectivity index (χ0n) is 18.2. The average Bonchev–Trinajstić information content (AvgIpc) is 3.12. The van der Waals surface area contributed by atoms with Crippen LogP contribution in [0.1, 0.15) is 30.5 Å². The fraction of sp³-hybridized carbons (Fsp3) is 0.269. The molecule has 0 bridgehead atoms. The van der Waals surface area contributed by atoms with Gasteiger partial charge >= 0.3 is 6.18 Å². The maximum absolute atomic E-state index is 14.2. The van der Waals surface area contributed by atoms with Gasteiger partial charge in [-0.3, -0.25) is 0 Å². The number of rotatable bonds is 2. The third kappa shape index (κ3) is 2.65. The Kier molecular flexibility index (Phi) is 4.42. The smallest absolute Gasteiger partial charge is 0.316 e. The van der Waals surface area contributed by atoms with Crippen molar-refractivity contribution < 1.29 is 13.2 Å². The van der Waals surface area contributed by atoms with Gasteiger partial charge in [-0.25, -0.2) is 4.98 Å². The standard InChI is InChI=1S/C26H24F3N3/c1-5-25(4)17(3)24-31(20-12-8-6-10-16(20)2)22-19(26(27,28)29)14-15-30-23(22)32(24)21-13-9-7-11-18(21)25/h5-15,17,24H,1H2,2-4H3. The minimum Gasteiger partial charge on any atom is -0.316 e. The molecule has 2 aliphatic rings. The van der Waals surface area contributed by atoms with E-state index < -0.39 is 17.2 Å². The minimum absolute atomic E-state index is 0.0789. The molecule has 0 N–H and O–H groups in total. The molecule has 3 heterocycles. The van der Waals surface area contributed by atoms with Crippen molar-refractivity contribution in [3.63, 3.8) is 0 Å². The van der Waals surface area contributed by atoms with Gasteiger partial charge < -0.3 is 9.80 Å². The molecule has 1 aromatic heterocycles. The first-order valence-electron chi connectivity index (χ1n) is 10.6. The van der Waals surface area contributed by atoms with Crippen LogP contribution < -0.4 is 9.80 Å². The van der Waals surface area contributed by atoms with Gasteiger partial charge in [0.15, 0.2) is 5.82 Å². The van der Waals surface area contributed by atoms with E-state index in [9.17, 15) is 13.2 Å². The minimum atomic E-state index is -4.51. The third-order valence-corrected chi connectivity index (χ3v) is 7.14. The number of hydrogen-bond donors (Lipinski definition) is 0. The molecule has 0 amide bonds. The van der Waals surface area contributed by atoms with E-state index in [-0.39, 0.29) is 17.8 Å². The lowest BCUT2D eigenvalue weighted by Gasteiger charge is -2.50. The predicted molar refractivity (Wildman–Crippen MR) is 122 cm³/mol. The van der Waals surface area contributed by atoms with Gasteiger partial charge in [0, 0.05) is 28.9 Å². The number of hydrogen-bond acceptors (Lipinski definition) is 3. The van der Waals surface area contributed by atoms with Crippen molar-refractivity contribution in [3.8, 4) is 0 Å². The van der Waals surface area contributed by atoms with E-state index in [2.05, 4.69) is 25.4 Å². The second kappa shape index (κ2) is 6.86. The van der Waals surface area contributed by atoms with Crippen LogP contribution in [-0.4, -0.2) is 11.1 Å². The zero-order chi connectivity index (χ0) is 22.8. The van der Waals surface area contributed by atoms with Gasteiger partial charge in [0.1, 0.15) is 6.17 Å². The fourth-order valence-corrected chi connectivity index (χ4v) is 5.25. The second-order valence-electron chi connectivity index (χ2n) is 8.76. The van der Waals surface area contributed by atoms with Crippen LogP contribution in [0.5, 0.6) is 0 Å². The average molecular weight is 435 g/mol. The van der Waals surface area contributed by atoms with Crippen molar-refractivity contribution in [2.75, 3.05) is 9.80 Å². The molecule has 0 saturated carbocycles. The zero-order valence-corrected chi connectivity index (χ0v) is 18.2. The number of pyridine rings is 1. The monoisotopic (exact) mass is 435 g/mol. The molecule has 164 valence electrons. The fourth-order valence-electron chi connectivity index (χ4n) is 5.25. The highest BCUT2D eigenvalue weighted by Crippen LogP contribution is 2.59. The van der Waals surface area contributed by atoms with Crippen molar-refractivity contribution >= 4 is 22.9 Å². The number of nitrogens with zero attached hydrogens (tertiary/aromatic N) is 3. The van der Waals surface area contributed by atoms with E-state index in [0.717, 1.165) is 28.6 Å². The lowest BCUT2D eigenvalue weighted by atomic mass is 9.67. The van der Waals surface area contributed by atoms with Gasteiger partial charge in [0.05, 0.1) is 11.3 Å². The third-order valence-electron chi connectivity index (χ3n) is 7.14. The summed E-state index contributed by atoms with van der Waals surface area (Å²) in [7, 11) is 0. The summed E-state index contributed by atoms with van der Waals surface area (Å²) in [5, 5.41) is 0. The Hall–Kier alpha value is -3.28. The topological polar surface area (TPSA) is 19.4 Å². The molecular weight excluding hydrogens is 411 g/mol. The van der Waals surface area contributed by atoms with Crippen molar-refractivity contribution in [2.24, 2.45) is 5.92 Å². The number of anilines is 4. The van der Waals surface area contributed by atoms with Crippen LogP contribution in [0.4, 0.5) is 36.1 Å². The first kappa shape index (κ1) is 20.6. The normalized spacial score (nSPS) is 24.1. The summed E-state index contributed by atoms with van der Waals surface area (Å²) in [4.78, 5) is 8.30. The highest BCUT2D eigenvalue weighted by molar-refractivity contribution is 5.91. The Labute approximate surface area is 185 Å². The van der Waals surface area contributed by atoms with Gasteiger partial charge in [-0.15, -0.1) is 6.58 Å². The van der Waals surface area contributed by atoms with Crippen LogP contribution in [0, 0.1) is 12.8 Å². The summed E-state index contributed by atoms with van der Waals surface area (Å²) < 4.78 is 42.7. The van der Waals surface area contributed by atoms with Crippen molar-refractivity contribution in [3.05, 3.63) is 90.1 Å². The molecule has 6 heteroatoms. The molecule has 5 rings (SSSR count). The predicted octanol–water partition coefficient (Wildman–Crippen LogP) is 7.12. The Bertz CT molecular complexity index is 1220. The lowest BCUT2D eigenvalue weighted by Crippen LogP contribution is -2.54. The number of aryl methyl sites for hydroxylation is 1. The van der Waals surface area contributed by atoms with Crippen LogP contribution in [0.2, 0.25) is 0 Å². The van der Waals surface area contributed by atoms with E-state index in [1.807, 2.05) is 71.3 Å². The van der Waals surface area contributed by atoms with Crippen LogP contribution in [0.3, 0.4) is 0 Å². The molecule has 0 aliphatic carbocycles. The molecule has 3 atom stereocenters. The second-order valence-corrected chi connectivity index (χ2v) is 8.76. The largest absolute Gasteiger partial charge is 0.418 e. The maximum atomic E-state index is 14.2. The molecule has 3 nitrogen and oxygen atoms in total. The highest BCUT2D eigenvalue weighted by atomic mass is 19.4. The molecule has 3 unspecified atom stereocenters. The summed E-state index contributed by atoms with van der Waals surface area (Å²) in [6.07, 6.45) is -1.72. The number of halogens is 3. The number of fused-ring (bicyclic) bond motifs is 5. The van der Waals surface area contributed by atoms with Crippen LogP contribution in [0.25, 0.3) is 0 Å². The molecule has 0 spiro atoms. The Balaban J connectivity index is 1.88. The molecule has 2 aromatic carbocycles. The van der Waals surface area contributed by atoms with Crippen molar-refractivity contribution in [1.82, 2.24) is 4.98 Å². The molecule has 2 aliphatic heterocycles. The SMILES string of the molecule is C=CC1(C)c2ccccc2N2c3nccc(C(F)(F)F)c3N(c3ccccc3C)C2C1C. The number of para-hydroxylation sites is 2. The van der Waals surface area contributed by atoms with Gasteiger partial charge in [-0.2, -0.15) is 13.2 Å². The van der Waals surface area contributed by atoms with E-state index in [1.165, 1.54) is 6.20 Å². The summed E-state index contributed by atoms with van der Waals surface area (Å²) in [5.41, 5.74) is 2.55. The molecule has 32 heavy (non-hydrogen) atoms. The number of aromatic nitrogens is 1. The van der Waals surface area contributed by atoms with E-state index in [0.29, 0.717) is 5.82 Å². The summed E-state index contributed by atoms with van der Waals surface area (Å²) in [5.74, 6) is 0.253. The Morgan fingerprint density at radius 2 is 1.66 bits per heavy atom. The van der Waals surface area contributed by atoms with Gasteiger partial charge in [0.2, 0.25) is 0 Å². The van der Waals surface area contributed by atoms with Crippen LogP contribution >= 0.6 is 0 Å². The Morgan fingerprint density at radius 1 is 1.00 bits per heavy atom. The van der Waals surface area contributed by atoms with Crippen molar-refractivity contribution in [2.45, 2.75) is 38.5 Å². The first-order chi connectivity index (χ1) is 15.2. The highest BCUT2D eigenvalue weighted by Gasteiger charge is 2.54. The maximum Gasteiger partial charge on any atom is 0.418 e. The lowest BCUT2D eigenvalue weighted by molar-refractivity contribution is -0.137. The van der Waals surface area contributed by atoms with Gasteiger partial charge in [0.25, 0.3) is 0 Å². The number of allylic oxidation sites excluding steroid dienone is 1. The van der Waals surface area contributed by atoms with E-state index >= 15 is 0 Å². The van der Waals surface area contributed by atoms with Gasteiger partial charge in [-0.05, 0) is 36.2 Å². The van der Waals surface area contributed by atoms with Crippen LogP contribution in [0.15, 0.2) is 73.4 Å². The quantitative estimate of drug-likeness (QED) is 0.400. The molecule has 3 aromatic rings. The van der Waals surface area contributed by atoms with E-state index in [4.69, 9.17) is 0 Å². The number of benzene rings is 2. The Morgan fingerprint density at radius 3 is 2.31 bits per heavy atom. The van der Waals surface area contributed by atoms with E-state index in [1.54, 1.807) is 0 Å². The van der Waals surface area contributed by atoms with Crippen molar-refractivity contribution in [1.29, 1.82) is 0 Å². The molecule has 0 radical (unpaired) electrons. The molecule has 0 fully saturated rings. The summed E-state index contributed by atoms with van der Waals surface area (Å²) >= 11 is 0. The van der Waals surface area contributed by atoms with Gasteiger partial charge in [-0.1, -0.05) is 56.3 Å². The molecular formula is C26H24F3N3. The first-order valence-corrected chi connectivity index (χ1v) is 10.6.